The van der Waals surface area contributed by atoms with Gasteiger partial charge in [-0.25, -0.2) is 4.98 Å². The lowest BCUT2D eigenvalue weighted by molar-refractivity contribution is -0.133. The monoisotopic (exact) mass is 419 g/mol. The minimum absolute atomic E-state index is 0.153. The summed E-state index contributed by atoms with van der Waals surface area (Å²) < 4.78 is 13.1. The number of carbonyl (C=O) groups excluding carboxylic acids is 2. The average Bonchev–Trinajstić information content (AvgIpc) is 2.78. The van der Waals surface area contributed by atoms with E-state index in [9.17, 15) is 14.0 Å². The second-order valence-electron chi connectivity index (χ2n) is 7.45. The van der Waals surface area contributed by atoms with Crippen LogP contribution in [0.3, 0.4) is 0 Å². The summed E-state index contributed by atoms with van der Waals surface area (Å²) in [6.07, 6.45) is 5.56. The van der Waals surface area contributed by atoms with E-state index in [2.05, 4.69) is 15.3 Å². The third kappa shape index (κ3) is 4.85. The third-order valence-electron chi connectivity index (χ3n) is 5.21. The zero-order chi connectivity index (χ0) is 21.8. The highest BCUT2D eigenvalue weighted by Crippen LogP contribution is 2.27. The van der Waals surface area contributed by atoms with Crippen molar-refractivity contribution in [1.29, 1.82) is 0 Å². The molecule has 0 saturated carbocycles. The van der Waals surface area contributed by atoms with Gasteiger partial charge in [0.15, 0.2) is 0 Å². The van der Waals surface area contributed by atoms with Crippen LogP contribution in [-0.2, 0) is 11.3 Å². The van der Waals surface area contributed by atoms with Gasteiger partial charge in [0, 0.05) is 37.5 Å². The van der Waals surface area contributed by atoms with Crippen molar-refractivity contribution in [3.63, 3.8) is 0 Å². The molecule has 1 fully saturated rings. The first-order valence-corrected chi connectivity index (χ1v) is 10.0. The van der Waals surface area contributed by atoms with Gasteiger partial charge in [-0.3, -0.25) is 14.6 Å². The van der Waals surface area contributed by atoms with Gasteiger partial charge in [0.05, 0.1) is 11.4 Å². The molecule has 7 nitrogen and oxygen atoms in total. The van der Waals surface area contributed by atoms with Crippen molar-refractivity contribution in [2.24, 2.45) is 0 Å². The van der Waals surface area contributed by atoms with Gasteiger partial charge >= 0.3 is 0 Å². The Labute approximate surface area is 179 Å². The first kappa shape index (κ1) is 20.5. The molecule has 158 valence electrons. The summed E-state index contributed by atoms with van der Waals surface area (Å²) in [4.78, 5) is 34.3. The Morgan fingerprint density at radius 3 is 2.61 bits per heavy atom. The van der Waals surface area contributed by atoms with Gasteiger partial charge in [-0.2, -0.15) is 4.39 Å². The molecule has 31 heavy (non-hydrogen) atoms. The van der Waals surface area contributed by atoms with Crippen LogP contribution in [0.5, 0.6) is 0 Å². The molecule has 0 unspecified atom stereocenters. The molecule has 3 N–H and O–H groups in total. The van der Waals surface area contributed by atoms with Crippen molar-refractivity contribution in [2.45, 2.75) is 25.8 Å². The lowest BCUT2D eigenvalue weighted by Crippen LogP contribution is -2.34. The lowest BCUT2D eigenvalue weighted by Gasteiger charge is -2.26. The van der Waals surface area contributed by atoms with E-state index in [0.29, 0.717) is 29.9 Å². The van der Waals surface area contributed by atoms with E-state index in [1.54, 1.807) is 42.6 Å². The van der Waals surface area contributed by atoms with Crippen LogP contribution in [0.25, 0.3) is 11.1 Å². The number of nitrogens with zero attached hydrogens (tertiary/aromatic N) is 3. The van der Waals surface area contributed by atoms with Gasteiger partial charge in [0.25, 0.3) is 5.91 Å². The summed E-state index contributed by atoms with van der Waals surface area (Å²) in [5, 5.41) is 2.77. The van der Waals surface area contributed by atoms with E-state index in [1.165, 1.54) is 12.3 Å². The number of carbonyl (C=O) groups is 2. The van der Waals surface area contributed by atoms with Crippen LogP contribution >= 0.6 is 0 Å². The SMILES string of the molecule is Nc1ccc(-c2ccc(F)nc2)cc1NC(=O)c1ccc(CN2CCCCC2=O)cn1. The molecule has 0 radical (unpaired) electrons. The van der Waals surface area contributed by atoms with Crippen molar-refractivity contribution in [3.05, 3.63) is 72.1 Å². The van der Waals surface area contributed by atoms with E-state index in [0.717, 1.165) is 30.5 Å². The minimum atomic E-state index is -0.563. The smallest absolute Gasteiger partial charge is 0.274 e. The molecule has 1 saturated heterocycles. The zero-order valence-corrected chi connectivity index (χ0v) is 16.8. The van der Waals surface area contributed by atoms with E-state index >= 15 is 0 Å². The topological polar surface area (TPSA) is 101 Å². The van der Waals surface area contributed by atoms with Crippen LogP contribution in [-0.4, -0.2) is 33.2 Å². The Kier molecular flexibility index (Phi) is 5.88. The molecule has 1 aromatic carbocycles. The first-order valence-electron chi connectivity index (χ1n) is 10.0. The van der Waals surface area contributed by atoms with E-state index in [1.807, 2.05) is 4.90 Å². The quantitative estimate of drug-likeness (QED) is 0.486. The summed E-state index contributed by atoms with van der Waals surface area (Å²) in [6, 6.07) is 11.4. The first-order chi connectivity index (χ1) is 15.0. The number of likely N-dealkylation sites (tertiary alicyclic amines) is 1. The molecule has 4 rings (SSSR count). The minimum Gasteiger partial charge on any atom is -0.397 e. The van der Waals surface area contributed by atoms with Crippen molar-refractivity contribution in [1.82, 2.24) is 14.9 Å². The van der Waals surface area contributed by atoms with Crippen molar-refractivity contribution < 1.29 is 14.0 Å². The molecule has 0 bridgehead atoms. The Bertz CT molecular complexity index is 1100. The highest BCUT2D eigenvalue weighted by Gasteiger charge is 2.18. The fourth-order valence-electron chi connectivity index (χ4n) is 3.48. The molecule has 8 heteroatoms. The van der Waals surface area contributed by atoms with Crippen LogP contribution in [0.2, 0.25) is 0 Å². The van der Waals surface area contributed by atoms with Crippen molar-refractivity contribution >= 4 is 23.2 Å². The number of aromatic nitrogens is 2. The molecule has 1 aliphatic rings. The third-order valence-corrected chi connectivity index (χ3v) is 5.21. The molecule has 2 aromatic heterocycles. The van der Waals surface area contributed by atoms with Crippen LogP contribution < -0.4 is 11.1 Å². The summed E-state index contributed by atoms with van der Waals surface area (Å²) >= 11 is 0. The summed E-state index contributed by atoms with van der Waals surface area (Å²) in [5.41, 5.74) is 9.39. The highest BCUT2D eigenvalue weighted by atomic mass is 19.1. The predicted octanol–water partition coefficient (Wildman–Crippen LogP) is 3.63. The number of hydrogen-bond acceptors (Lipinski definition) is 5. The van der Waals surface area contributed by atoms with Gasteiger partial charge in [-0.15, -0.1) is 0 Å². The standard InChI is InChI=1S/C23H22FN5O2/c24-21-9-6-17(13-27-21)16-5-7-18(25)20(11-16)28-23(31)19-8-4-15(12-26-19)14-29-10-2-1-3-22(29)30/h4-9,11-13H,1-3,10,14,25H2,(H,28,31). The molecular formula is C23H22FN5O2. The fraction of sp³-hybridized carbons (Fsp3) is 0.217. The summed E-state index contributed by atoms with van der Waals surface area (Å²) in [5.74, 6) is -0.812. The number of nitrogen functional groups attached to an aromatic ring is 1. The number of nitrogens with two attached hydrogens (primary N) is 1. The molecular weight excluding hydrogens is 397 g/mol. The summed E-state index contributed by atoms with van der Waals surface area (Å²) in [6.45, 7) is 1.24. The fourth-order valence-corrected chi connectivity index (χ4v) is 3.48. The molecule has 3 aromatic rings. The number of piperidine rings is 1. The lowest BCUT2D eigenvalue weighted by atomic mass is 10.1. The zero-order valence-electron chi connectivity index (χ0n) is 16.8. The number of nitrogens with one attached hydrogen (secondary N) is 1. The highest BCUT2D eigenvalue weighted by molar-refractivity contribution is 6.04. The predicted molar refractivity (Wildman–Crippen MR) is 116 cm³/mol. The van der Waals surface area contributed by atoms with Gasteiger partial charge in [0.1, 0.15) is 5.69 Å². The number of benzene rings is 1. The number of pyridine rings is 2. The number of amides is 2. The van der Waals surface area contributed by atoms with Crippen LogP contribution in [0.1, 0.15) is 35.3 Å². The van der Waals surface area contributed by atoms with E-state index < -0.39 is 11.9 Å². The Morgan fingerprint density at radius 2 is 1.90 bits per heavy atom. The summed E-state index contributed by atoms with van der Waals surface area (Å²) in [7, 11) is 0. The van der Waals surface area contributed by atoms with Crippen LogP contribution in [0.4, 0.5) is 15.8 Å². The Balaban J connectivity index is 1.46. The molecule has 0 aliphatic carbocycles. The van der Waals surface area contributed by atoms with Crippen LogP contribution in [0, 0.1) is 5.95 Å². The molecule has 3 heterocycles. The molecule has 0 atom stereocenters. The maximum Gasteiger partial charge on any atom is 0.274 e. The van der Waals surface area contributed by atoms with Gasteiger partial charge < -0.3 is 16.0 Å². The second-order valence-corrected chi connectivity index (χ2v) is 7.45. The second kappa shape index (κ2) is 8.91. The number of halogens is 1. The van der Waals surface area contributed by atoms with Crippen molar-refractivity contribution in [3.8, 4) is 11.1 Å². The largest absolute Gasteiger partial charge is 0.397 e. The van der Waals surface area contributed by atoms with Gasteiger partial charge in [-0.1, -0.05) is 12.1 Å². The average molecular weight is 419 g/mol. The Morgan fingerprint density at radius 1 is 1.06 bits per heavy atom. The van der Waals surface area contributed by atoms with E-state index in [4.69, 9.17) is 5.73 Å². The normalized spacial score (nSPS) is 13.8. The number of hydrogen-bond donors (Lipinski definition) is 2. The van der Waals surface area contributed by atoms with Crippen molar-refractivity contribution in [2.75, 3.05) is 17.6 Å². The Hall–Kier alpha value is -3.81. The maximum atomic E-state index is 13.1. The molecule has 2 amide bonds. The van der Waals surface area contributed by atoms with Crippen LogP contribution in [0.15, 0.2) is 54.9 Å². The number of rotatable bonds is 5. The van der Waals surface area contributed by atoms with E-state index in [-0.39, 0.29) is 11.6 Å². The van der Waals surface area contributed by atoms with Gasteiger partial charge in [0.2, 0.25) is 11.9 Å². The number of anilines is 2. The molecule has 0 spiro atoms. The van der Waals surface area contributed by atoms with Gasteiger partial charge in [-0.05, 0) is 54.3 Å². The molecule has 1 aliphatic heterocycles. The maximum absolute atomic E-state index is 13.1.